The first-order valence-corrected chi connectivity index (χ1v) is 21.1. The molecule has 1 fully saturated rings. The number of nitrogens with one attached hydrogen (secondary N) is 1. The van der Waals surface area contributed by atoms with Crippen LogP contribution >= 0.6 is 0 Å². The van der Waals surface area contributed by atoms with Crippen molar-refractivity contribution in [3.63, 3.8) is 0 Å². The largest absolute Gasteiger partial charge is 0.464 e. The Morgan fingerprint density at radius 2 is 1.32 bits per heavy atom. The quantitative estimate of drug-likeness (QED) is 0.112. The molecule has 2 N–H and O–H groups in total. The van der Waals surface area contributed by atoms with Gasteiger partial charge in [-0.15, -0.1) is 0 Å². The van der Waals surface area contributed by atoms with Gasteiger partial charge >= 0.3 is 0 Å². The van der Waals surface area contributed by atoms with E-state index in [4.69, 9.17) is 13.9 Å². The molecule has 2 heterocycles. The second-order valence-corrected chi connectivity index (χ2v) is 18.3. The molecular weight excluding hydrogens is 675 g/mol. The van der Waals surface area contributed by atoms with Crippen molar-refractivity contribution in [3.8, 4) is 0 Å². The average molecular weight is 732 g/mol. The Balaban J connectivity index is 1.31. The van der Waals surface area contributed by atoms with Crippen LogP contribution in [0.4, 0.5) is 0 Å². The number of hydrogen-bond donors (Lipinski definition) is 2. The number of sulfone groups is 1. The van der Waals surface area contributed by atoms with Gasteiger partial charge in [0.15, 0.2) is 15.6 Å². The average Bonchev–Trinajstić information content (AvgIpc) is 3.38. The van der Waals surface area contributed by atoms with Gasteiger partial charge < -0.3 is 19.0 Å². The number of unbranched alkanes of at least 4 members (excludes halogenated alkanes) is 6. The molecule has 2 atom stereocenters. The maximum Gasteiger partial charge on any atom is 0.241 e. The zero-order chi connectivity index (χ0) is 36.4. The number of rotatable bonds is 20. The van der Waals surface area contributed by atoms with Gasteiger partial charge in [-0.25, -0.2) is 21.6 Å². The maximum atomic E-state index is 13.9. The van der Waals surface area contributed by atoms with Crippen LogP contribution in [0, 0.1) is 19.3 Å². The highest BCUT2D eigenvalue weighted by Gasteiger charge is 2.47. The van der Waals surface area contributed by atoms with Gasteiger partial charge in [0.25, 0.3) is 0 Å². The van der Waals surface area contributed by atoms with E-state index in [2.05, 4.69) is 11.6 Å². The third-order valence-corrected chi connectivity index (χ3v) is 13.4. The number of sulfonamides is 1. The minimum absolute atomic E-state index is 0.115. The zero-order valence-electron chi connectivity index (χ0n) is 30.4. The fraction of sp³-hybridized carbons (Fsp3) is 0.590. The molecule has 0 aliphatic carbocycles. The number of ether oxygens (including phenoxy) is 2. The third kappa shape index (κ3) is 10.1. The molecule has 0 spiro atoms. The van der Waals surface area contributed by atoms with Gasteiger partial charge in [-0.1, -0.05) is 95.7 Å². The normalized spacial score (nSPS) is 17.4. The van der Waals surface area contributed by atoms with E-state index >= 15 is 0 Å². The van der Waals surface area contributed by atoms with E-state index in [0.29, 0.717) is 36.7 Å². The van der Waals surface area contributed by atoms with Gasteiger partial charge in [0, 0.05) is 18.3 Å². The SMILES string of the molecule is CCCc1oc(C(CCCCCCCCCC2(C(CO)NS(=O)(=O)c3ccccc3)OCC(C)(C)CO2)S(=O)(=O)c2ccccc2)c(C)c1C. The summed E-state index contributed by atoms with van der Waals surface area (Å²) in [7, 11) is -7.54. The summed E-state index contributed by atoms with van der Waals surface area (Å²) < 4.78 is 75.5. The van der Waals surface area contributed by atoms with Gasteiger partial charge in [0.1, 0.15) is 16.8 Å². The van der Waals surface area contributed by atoms with Crippen LogP contribution in [0.1, 0.15) is 113 Å². The second kappa shape index (κ2) is 17.8. The lowest BCUT2D eigenvalue weighted by atomic mass is 9.91. The van der Waals surface area contributed by atoms with Gasteiger partial charge in [0.2, 0.25) is 10.0 Å². The minimum atomic E-state index is -3.90. The first-order valence-electron chi connectivity index (χ1n) is 18.1. The summed E-state index contributed by atoms with van der Waals surface area (Å²) in [6.07, 6.45) is 8.85. The number of aliphatic hydroxyl groups is 1. The van der Waals surface area contributed by atoms with Crippen LogP contribution in [0.3, 0.4) is 0 Å². The van der Waals surface area contributed by atoms with Crippen molar-refractivity contribution in [1.29, 1.82) is 0 Å². The number of hydrogen-bond acceptors (Lipinski definition) is 8. The van der Waals surface area contributed by atoms with Crippen LogP contribution in [0.5, 0.6) is 0 Å². The molecule has 1 saturated heterocycles. The maximum absolute atomic E-state index is 13.9. The molecule has 1 aliphatic heterocycles. The summed E-state index contributed by atoms with van der Waals surface area (Å²) in [5.74, 6) is 0.179. The summed E-state index contributed by atoms with van der Waals surface area (Å²) in [5.41, 5.74) is 1.75. The highest BCUT2D eigenvalue weighted by atomic mass is 32.2. The van der Waals surface area contributed by atoms with E-state index in [1.54, 1.807) is 42.5 Å². The number of aliphatic hydroxyl groups excluding tert-OH is 1. The molecule has 0 radical (unpaired) electrons. The number of aryl methyl sites for hydroxylation is 1. The molecule has 2 aromatic carbocycles. The molecule has 9 nitrogen and oxygen atoms in total. The summed E-state index contributed by atoms with van der Waals surface area (Å²) in [5, 5.41) is 9.63. The molecule has 0 saturated carbocycles. The lowest BCUT2D eigenvalue weighted by molar-refractivity contribution is -0.315. The van der Waals surface area contributed by atoms with E-state index in [-0.39, 0.29) is 10.3 Å². The Hall–Kier alpha value is -2.54. The van der Waals surface area contributed by atoms with Crippen LogP contribution < -0.4 is 4.72 Å². The van der Waals surface area contributed by atoms with E-state index in [0.717, 1.165) is 74.7 Å². The third-order valence-electron chi connectivity index (χ3n) is 9.77. The Bertz CT molecular complexity index is 1690. The lowest BCUT2D eigenvalue weighted by Crippen LogP contribution is -2.61. The molecule has 11 heteroatoms. The molecule has 278 valence electrons. The fourth-order valence-electron chi connectivity index (χ4n) is 6.60. The summed E-state index contributed by atoms with van der Waals surface area (Å²) in [6, 6.07) is 15.8. The van der Waals surface area contributed by atoms with Crippen LogP contribution in [-0.2, 0) is 35.8 Å². The first kappa shape index (κ1) is 40.2. The topological polar surface area (TPSA) is 132 Å². The van der Waals surface area contributed by atoms with Crippen LogP contribution in [0.15, 0.2) is 74.9 Å². The van der Waals surface area contributed by atoms with Gasteiger partial charge in [0.05, 0.1) is 35.7 Å². The molecular formula is C39H57NO8S2. The summed E-state index contributed by atoms with van der Waals surface area (Å²) in [6.45, 7) is 10.4. The first-order chi connectivity index (χ1) is 23.8. The number of furan rings is 1. The predicted molar refractivity (Wildman–Crippen MR) is 196 cm³/mol. The van der Waals surface area contributed by atoms with E-state index in [1.807, 2.05) is 33.8 Å². The monoisotopic (exact) mass is 731 g/mol. The standard InChI is InChI=1S/C39H57NO8S2/c1-6-20-34-30(2)31(3)37(48-34)35(49(42,43)32-21-14-12-15-22-32)25-18-10-8-7-9-11-19-26-39(46-28-38(4,5)29-47-39)36(27-41)40-50(44,45)33-23-16-13-17-24-33/h12-17,21-24,35-36,40-41H,6-11,18-20,25-29H2,1-5H3. The molecule has 2 unspecified atom stereocenters. The van der Waals surface area contributed by atoms with Crippen molar-refractivity contribution in [2.24, 2.45) is 5.41 Å². The number of benzene rings is 2. The van der Waals surface area contributed by atoms with Crippen LogP contribution in [0.25, 0.3) is 0 Å². The Morgan fingerprint density at radius 3 is 1.88 bits per heavy atom. The Morgan fingerprint density at radius 1 is 0.780 bits per heavy atom. The minimum Gasteiger partial charge on any atom is -0.464 e. The highest BCUT2D eigenvalue weighted by Crippen LogP contribution is 2.39. The van der Waals surface area contributed by atoms with Crippen molar-refractivity contribution in [1.82, 2.24) is 4.72 Å². The van der Waals surface area contributed by atoms with Crippen molar-refractivity contribution < 1.29 is 35.8 Å². The predicted octanol–water partition coefficient (Wildman–Crippen LogP) is 7.98. The molecule has 1 aliphatic rings. The fourth-order valence-corrected chi connectivity index (χ4v) is 9.73. The molecule has 3 aromatic rings. The van der Waals surface area contributed by atoms with Crippen LogP contribution in [-0.4, -0.2) is 53.6 Å². The van der Waals surface area contributed by atoms with E-state index in [9.17, 15) is 21.9 Å². The summed E-state index contributed by atoms with van der Waals surface area (Å²) >= 11 is 0. The van der Waals surface area contributed by atoms with Gasteiger partial charge in [-0.3, -0.25) is 0 Å². The highest BCUT2D eigenvalue weighted by molar-refractivity contribution is 7.91. The lowest BCUT2D eigenvalue weighted by Gasteiger charge is -2.47. The Labute approximate surface area is 300 Å². The molecule has 4 rings (SSSR count). The van der Waals surface area contributed by atoms with Crippen molar-refractivity contribution >= 4 is 19.9 Å². The zero-order valence-corrected chi connectivity index (χ0v) is 32.1. The van der Waals surface area contributed by atoms with E-state index < -0.39 is 43.5 Å². The van der Waals surface area contributed by atoms with E-state index in [1.165, 1.54) is 12.1 Å². The summed E-state index contributed by atoms with van der Waals surface area (Å²) in [4.78, 5) is 0.434. The van der Waals surface area contributed by atoms with Gasteiger partial charge in [-0.05, 0) is 68.5 Å². The van der Waals surface area contributed by atoms with Crippen molar-refractivity contribution in [2.45, 2.75) is 132 Å². The van der Waals surface area contributed by atoms with Crippen molar-refractivity contribution in [2.75, 3.05) is 19.8 Å². The smallest absolute Gasteiger partial charge is 0.241 e. The molecule has 0 bridgehead atoms. The molecule has 0 amide bonds. The molecule has 50 heavy (non-hydrogen) atoms. The van der Waals surface area contributed by atoms with Gasteiger partial charge in [-0.2, -0.15) is 0 Å². The van der Waals surface area contributed by atoms with Crippen molar-refractivity contribution in [3.05, 3.63) is 83.3 Å². The second-order valence-electron chi connectivity index (χ2n) is 14.5. The Kier molecular flexibility index (Phi) is 14.3. The van der Waals surface area contributed by atoms with Crippen LogP contribution in [0.2, 0.25) is 0 Å². The molecule has 1 aromatic heterocycles.